The molecule has 3 N–H and O–H groups in total. The Kier molecular flexibility index (Phi) is 10.3. The number of halogens is 1. The summed E-state index contributed by atoms with van der Waals surface area (Å²) in [5, 5.41) is 9.08. The minimum atomic E-state index is -0.0656. The van der Waals surface area contributed by atoms with Crippen molar-refractivity contribution in [2.24, 2.45) is 4.99 Å². The second-order valence-electron chi connectivity index (χ2n) is 5.30. The summed E-state index contributed by atoms with van der Waals surface area (Å²) in [6.45, 7) is 4.02. The van der Waals surface area contributed by atoms with Crippen LogP contribution < -0.4 is 16.0 Å². The van der Waals surface area contributed by atoms with Gasteiger partial charge in [0, 0.05) is 13.1 Å². The first-order valence-corrected chi connectivity index (χ1v) is 8.14. The molecule has 134 valence electrons. The van der Waals surface area contributed by atoms with Gasteiger partial charge in [-0.3, -0.25) is 4.79 Å². The lowest BCUT2D eigenvalue weighted by molar-refractivity contribution is -0.120. The van der Waals surface area contributed by atoms with E-state index in [1.165, 1.54) is 0 Å². The van der Waals surface area contributed by atoms with Crippen molar-refractivity contribution in [3.63, 3.8) is 0 Å². The molecule has 2 aromatic rings. The Morgan fingerprint density at radius 2 is 1.48 bits per heavy atom. The molecule has 6 heteroatoms. The smallest absolute Gasteiger partial charge is 0.239 e. The number of hydrogen-bond acceptors (Lipinski definition) is 2. The third-order valence-electron chi connectivity index (χ3n) is 3.36. The molecule has 0 aliphatic rings. The van der Waals surface area contributed by atoms with Crippen LogP contribution in [0.25, 0.3) is 0 Å². The fourth-order valence-electron chi connectivity index (χ4n) is 2.12. The van der Waals surface area contributed by atoms with Crippen LogP contribution in [0.4, 0.5) is 0 Å². The van der Waals surface area contributed by atoms with E-state index in [2.05, 4.69) is 20.9 Å². The minimum absolute atomic E-state index is 0. The Labute approximate surface area is 166 Å². The summed E-state index contributed by atoms with van der Waals surface area (Å²) in [6, 6.07) is 19.9. The van der Waals surface area contributed by atoms with Gasteiger partial charge in [0.1, 0.15) is 0 Å². The molecule has 0 aliphatic heterocycles. The van der Waals surface area contributed by atoms with Crippen molar-refractivity contribution in [3.8, 4) is 0 Å². The fraction of sp³-hybridized carbons (Fsp3) is 0.263. The number of hydrogen-bond donors (Lipinski definition) is 3. The molecule has 0 aromatic heterocycles. The van der Waals surface area contributed by atoms with Gasteiger partial charge >= 0.3 is 0 Å². The zero-order chi connectivity index (χ0) is 17.0. The SMILES string of the molecule is CCNC(=NCc1ccccc1)NCC(=O)NCc1ccccc1.I. The number of aliphatic imine (C=N–C) groups is 1. The molecule has 0 saturated heterocycles. The number of nitrogens with zero attached hydrogens (tertiary/aromatic N) is 1. The Morgan fingerprint density at radius 3 is 2.08 bits per heavy atom. The number of guanidine groups is 1. The number of nitrogens with one attached hydrogen (secondary N) is 3. The lowest BCUT2D eigenvalue weighted by Gasteiger charge is -2.11. The number of carbonyl (C=O) groups excluding carboxylic acids is 1. The van der Waals surface area contributed by atoms with Crippen molar-refractivity contribution in [2.45, 2.75) is 20.0 Å². The molecular weight excluding hydrogens is 427 g/mol. The first-order valence-electron chi connectivity index (χ1n) is 8.14. The van der Waals surface area contributed by atoms with Crippen molar-refractivity contribution in [1.82, 2.24) is 16.0 Å². The van der Waals surface area contributed by atoms with Crippen molar-refractivity contribution in [2.75, 3.05) is 13.1 Å². The Hall–Kier alpha value is -2.09. The summed E-state index contributed by atoms with van der Waals surface area (Å²) in [7, 11) is 0. The molecule has 0 unspecified atom stereocenters. The molecule has 0 atom stereocenters. The van der Waals surface area contributed by atoms with Gasteiger partial charge in [-0.25, -0.2) is 4.99 Å². The average molecular weight is 452 g/mol. The van der Waals surface area contributed by atoms with Gasteiger partial charge in [0.25, 0.3) is 0 Å². The maximum Gasteiger partial charge on any atom is 0.239 e. The maximum atomic E-state index is 11.9. The van der Waals surface area contributed by atoms with Gasteiger partial charge in [0.15, 0.2) is 5.96 Å². The molecule has 0 bridgehead atoms. The van der Waals surface area contributed by atoms with Gasteiger partial charge in [0.05, 0.1) is 13.1 Å². The minimum Gasteiger partial charge on any atom is -0.357 e. The first kappa shape index (κ1) is 21.0. The highest BCUT2D eigenvalue weighted by molar-refractivity contribution is 14.0. The molecule has 5 nitrogen and oxygen atoms in total. The van der Waals surface area contributed by atoms with Crippen LogP contribution in [0.15, 0.2) is 65.7 Å². The molecule has 0 heterocycles. The summed E-state index contributed by atoms with van der Waals surface area (Å²) in [6.07, 6.45) is 0. The topological polar surface area (TPSA) is 65.5 Å². The average Bonchev–Trinajstić information content (AvgIpc) is 2.64. The van der Waals surface area contributed by atoms with E-state index >= 15 is 0 Å². The predicted octanol–water partition coefficient (Wildman–Crippen LogP) is 2.68. The summed E-state index contributed by atoms with van der Waals surface area (Å²) in [4.78, 5) is 16.4. The molecular formula is C19H25IN4O. The zero-order valence-corrected chi connectivity index (χ0v) is 16.7. The van der Waals surface area contributed by atoms with E-state index in [-0.39, 0.29) is 36.4 Å². The third kappa shape index (κ3) is 8.53. The van der Waals surface area contributed by atoms with E-state index in [0.717, 1.165) is 17.7 Å². The van der Waals surface area contributed by atoms with Crippen LogP contribution in [0, 0.1) is 0 Å². The van der Waals surface area contributed by atoms with E-state index in [1.807, 2.05) is 67.6 Å². The second-order valence-corrected chi connectivity index (χ2v) is 5.30. The van der Waals surface area contributed by atoms with Crippen molar-refractivity contribution in [3.05, 3.63) is 71.8 Å². The van der Waals surface area contributed by atoms with Gasteiger partial charge in [0.2, 0.25) is 5.91 Å². The lowest BCUT2D eigenvalue weighted by atomic mass is 10.2. The molecule has 0 saturated carbocycles. The van der Waals surface area contributed by atoms with Crippen LogP contribution in [0.1, 0.15) is 18.1 Å². The monoisotopic (exact) mass is 452 g/mol. The van der Waals surface area contributed by atoms with Crippen molar-refractivity contribution < 1.29 is 4.79 Å². The van der Waals surface area contributed by atoms with Gasteiger partial charge in [-0.2, -0.15) is 0 Å². The quantitative estimate of drug-likeness (QED) is 0.344. The van der Waals surface area contributed by atoms with Crippen LogP contribution in [0.2, 0.25) is 0 Å². The zero-order valence-electron chi connectivity index (χ0n) is 14.4. The van der Waals surface area contributed by atoms with Crippen LogP contribution >= 0.6 is 24.0 Å². The maximum absolute atomic E-state index is 11.9. The third-order valence-corrected chi connectivity index (χ3v) is 3.36. The summed E-state index contributed by atoms with van der Waals surface area (Å²) >= 11 is 0. The Morgan fingerprint density at radius 1 is 0.880 bits per heavy atom. The number of rotatable bonds is 7. The van der Waals surface area contributed by atoms with Gasteiger partial charge in [-0.1, -0.05) is 60.7 Å². The Bertz CT molecular complexity index is 647. The molecule has 2 aromatic carbocycles. The fourth-order valence-corrected chi connectivity index (χ4v) is 2.12. The van der Waals surface area contributed by atoms with Crippen LogP contribution in [0.5, 0.6) is 0 Å². The first-order chi connectivity index (χ1) is 11.8. The van der Waals surface area contributed by atoms with Gasteiger partial charge < -0.3 is 16.0 Å². The van der Waals surface area contributed by atoms with Gasteiger partial charge in [-0.15, -0.1) is 24.0 Å². The van der Waals surface area contributed by atoms with Gasteiger partial charge in [-0.05, 0) is 18.1 Å². The van der Waals surface area contributed by atoms with Crippen LogP contribution in [0.3, 0.4) is 0 Å². The van der Waals surface area contributed by atoms with Crippen molar-refractivity contribution in [1.29, 1.82) is 0 Å². The summed E-state index contributed by atoms with van der Waals surface area (Å²) in [5.41, 5.74) is 2.21. The molecule has 0 aliphatic carbocycles. The van der Waals surface area contributed by atoms with E-state index in [4.69, 9.17) is 0 Å². The molecule has 0 fully saturated rings. The van der Waals surface area contributed by atoms with Crippen molar-refractivity contribution >= 4 is 35.8 Å². The molecule has 0 spiro atoms. The molecule has 1 amide bonds. The highest BCUT2D eigenvalue weighted by atomic mass is 127. The lowest BCUT2D eigenvalue weighted by Crippen LogP contribution is -2.43. The summed E-state index contributed by atoms with van der Waals surface area (Å²) in [5.74, 6) is 0.570. The van der Waals surface area contributed by atoms with Crippen LogP contribution in [-0.2, 0) is 17.9 Å². The second kappa shape index (κ2) is 12.3. The highest BCUT2D eigenvalue weighted by Crippen LogP contribution is 2.00. The van der Waals surface area contributed by atoms with E-state index in [0.29, 0.717) is 19.0 Å². The summed E-state index contributed by atoms with van der Waals surface area (Å²) < 4.78 is 0. The Balaban J connectivity index is 0.00000312. The van der Waals surface area contributed by atoms with E-state index < -0.39 is 0 Å². The van der Waals surface area contributed by atoms with E-state index in [1.54, 1.807) is 0 Å². The normalized spacial score (nSPS) is 10.5. The number of benzene rings is 2. The molecule has 25 heavy (non-hydrogen) atoms. The molecule has 0 radical (unpaired) electrons. The largest absolute Gasteiger partial charge is 0.357 e. The molecule has 2 rings (SSSR count). The standard InChI is InChI=1S/C19H24N4O.HI/c1-2-20-19(22-14-17-11-7-4-8-12-17)23-15-18(24)21-13-16-9-5-3-6-10-16;/h3-12H,2,13-15H2,1H3,(H,21,24)(H2,20,22,23);1H. The van der Waals surface area contributed by atoms with Crippen LogP contribution in [-0.4, -0.2) is 25.0 Å². The highest BCUT2D eigenvalue weighted by Gasteiger charge is 2.03. The number of carbonyl (C=O) groups is 1. The van der Waals surface area contributed by atoms with E-state index in [9.17, 15) is 4.79 Å². The number of amides is 1. The predicted molar refractivity (Wildman–Crippen MR) is 113 cm³/mol.